The number of carbonyl (C=O) groups excluding carboxylic acids is 2. The molecule has 2 aliphatic rings. The lowest BCUT2D eigenvalue weighted by atomic mass is 9.94. The van der Waals surface area contributed by atoms with E-state index in [2.05, 4.69) is 5.32 Å². The first-order chi connectivity index (χ1) is 14.5. The van der Waals surface area contributed by atoms with Crippen LogP contribution in [0.4, 0.5) is 5.69 Å². The Hall–Kier alpha value is -2.41. The Labute approximate surface area is 188 Å². The number of amides is 1. The van der Waals surface area contributed by atoms with E-state index in [0.29, 0.717) is 24.9 Å². The number of nitrogens with one attached hydrogen (secondary N) is 1. The Kier molecular flexibility index (Phi) is 7.70. The minimum absolute atomic E-state index is 0. The third-order valence-corrected chi connectivity index (χ3v) is 5.97. The molecule has 0 saturated heterocycles. The number of rotatable bonds is 9. The van der Waals surface area contributed by atoms with Crippen molar-refractivity contribution in [3.8, 4) is 5.75 Å². The van der Waals surface area contributed by atoms with Crippen molar-refractivity contribution >= 4 is 29.8 Å². The predicted octanol–water partition coefficient (Wildman–Crippen LogP) is 3.33. The highest BCUT2D eigenvalue weighted by atomic mass is 35.5. The number of halogens is 1. The molecule has 2 heterocycles. The van der Waals surface area contributed by atoms with Gasteiger partial charge in [0.05, 0.1) is 11.8 Å². The highest BCUT2D eigenvalue weighted by molar-refractivity contribution is 6.02. The van der Waals surface area contributed by atoms with E-state index < -0.39 is 6.10 Å². The highest BCUT2D eigenvalue weighted by Gasteiger charge is 2.31. The van der Waals surface area contributed by atoms with E-state index in [4.69, 9.17) is 0 Å². The second-order valence-corrected chi connectivity index (χ2v) is 8.13. The summed E-state index contributed by atoms with van der Waals surface area (Å²) in [6, 6.07) is 10.6. The SMILES string of the molecule is Cl.O=C(CCCCNCC(O)c1cccc(O)c1)c1cc2c3c(c1)CCN3C(=O)CC2. The molecule has 2 aromatic carbocycles. The molecule has 1 unspecified atom stereocenters. The molecular weight excluding hydrogens is 416 g/mol. The molecule has 0 spiro atoms. The van der Waals surface area contributed by atoms with Gasteiger partial charge in [-0.3, -0.25) is 9.59 Å². The summed E-state index contributed by atoms with van der Waals surface area (Å²) in [5.74, 6) is 0.497. The van der Waals surface area contributed by atoms with Crippen LogP contribution >= 0.6 is 12.4 Å². The first kappa shape index (κ1) is 23.3. The topological polar surface area (TPSA) is 89.9 Å². The molecule has 0 saturated carbocycles. The number of Topliss-reactive ketones (excluding diaryl/α,β-unsaturated/α-hetero) is 1. The molecule has 7 heteroatoms. The van der Waals surface area contributed by atoms with E-state index >= 15 is 0 Å². The summed E-state index contributed by atoms with van der Waals surface area (Å²) < 4.78 is 0. The van der Waals surface area contributed by atoms with Gasteiger partial charge in [-0.1, -0.05) is 12.1 Å². The normalized spacial score (nSPS) is 15.4. The number of benzene rings is 2. The fourth-order valence-corrected chi connectivity index (χ4v) is 4.39. The quantitative estimate of drug-likeness (QED) is 0.407. The third-order valence-electron chi connectivity index (χ3n) is 5.97. The van der Waals surface area contributed by atoms with E-state index in [1.54, 1.807) is 24.3 Å². The van der Waals surface area contributed by atoms with Crippen molar-refractivity contribution in [1.29, 1.82) is 0 Å². The lowest BCUT2D eigenvalue weighted by Crippen LogP contribution is -2.32. The maximum atomic E-state index is 12.7. The van der Waals surface area contributed by atoms with Gasteiger partial charge in [0.1, 0.15) is 5.75 Å². The molecular formula is C24H29ClN2O4. The van der Waals surface area contributed by atoms with Crippen LogP contribution in [0.25, 0.3) is 0 Å². The summed E-state index contributed by atoms with van der Waals surface area (Å²) in [5.41, 5.74) is 4.77. The van der Waals surface area contributed by atoms with Crippen molar-refractivity contribution in [3.05, 3.63) is 58.7 Å². The van der Waals surface area contributed by atoms with Crippen molar-refractivity contribution in [2.75, 3.05) is 24.5 Å². The number of aryl methyl sites for hydroxylation is 1. The van der Waals surface area contributed by atoms with Crippen LogP contribution in [0.3, 0.4) is 0 Å². The highest BCUT2D eigenvalue weighted by Crippen LogP contribution is 2.37. The molecule has 3 N–H and O–H groups in total. The number of hydrogen-bond acceptors (Lipinski definition) is 5. The summed E-state index contributed by atoms with van der Waals surface area (Å²) >= 11 is 0. The maximum Gasteiger partial charge on any atom is 0.227 e. The zero-order valence-electron chi connectivity index (χ0n) is 17.5. The molecule has 0 aliphatic carbocycles. The zero-order valence-corrected chi connectivity index (χ0v) is 18.3. The van der Waals surface area contributed by atoms with Crippen LogP contribution in [0.1, 0.15) is 58.8 Å². The number of anilines is 1. The summed E-state index contributed by atoms with van der Waals surface area (Å²) in [7, 11) is 0. The maximum absolute atomic E-state index is 12.7. The number of carbonyl (C=O) groups is 2. The molecule has 6 nitrogen and oxygen atoms in total. The summed E-state index contributed by atoms with van der Waals surface area (Å²) in [5, 5.41) is 22.8. The van der Waals surface area contributed by atoms with Crippen molar-refractivity contribution in [1.82, 2.24) is 5.32 Å². The largest absolute Gasteiger partial charge is 0.508 e. The lowest BCUT2D eigenvalue weighted by molar-refractivity contribution is -0.118. The summed E-state index contributed by atoms with van der Waals surface area (Å²) in [6.07, 6.45) is 3.55. The average molecular weight is 445 g/mol. The first-order valence-corrected chi connectivity index (χ1v) is 10.7. The molecule has 0 fully saturated rings. The van der Waals surface area contributed by atoms with Gasteiger partial charge in [0.15, 0.2) is 5.78 Å². The van der Waals surface area contributed by atoms with Gasteiger partial charge in [-0.25, -0.2) is 0 Å². The van der Waals surface area contributed by atoms with Crippen molar-refractivity contribution in [3.63, 3.8) is 0 Å². The molecule has 2 aliphatic heterocycles. The number of phenolic OH excluding ortho intramolecular Hbond substituents is 1. The molecule has 31 heavy (non-hydrogen) atoms. The number of phenols is 1. The molecule has 2 aromatic rings. The Morgan fingerprint density at radius 1 is 1.10 bits per heavy atom. The lowest BCUT2D eigenvalue weighted by Gasteiger charge is -2.25. The van der Waals surface area contributed by atoms with Crippen LogP contribution < -0.4 is 10.2 Å². The Bertz CT molecular complexity index is 963. The van der Waals surface area contributed by atoms with Gasteiger partial charge in [-0.2, -0.15) is 0 Å². The fraction of sp³-hybridized carbons (Fsp3) is 0.417. The van der Waals surface area contributed by atoms with Gasteiger partial charge in [0, 0.05) is 31.5 Å². The molecule has 4 rings (SSSR count). The van der Waals surface area contributed by atoms with Crippen LogP contribution in [-0.2, 0) is 17.6 Å². The number of aromatic hydroxyl groups is 1. The van der Waals surface area contributed by atoms with Crippen LogP contribution in [0.15, 0.2) is 36.4 Å². The van der Waals surface area contributed by atoms with Gasteiger partial charge < -0.3 is 20.4 Å². The number of aliphatic hydroxyl groups excluding tert-OH is 1. The number of hydrogen-bond donors (Lipinski definition) is 3. The van der Waals surface area contributed by atoms with E-state index in [1.807, 2.05) is 17.0 Å². The third kappa shape index (κ3) is 5.26. The van der Waals surface area contributed by atoms with Gasteiger partial charge in [0.2, 0.25) is 5.91 Å². The van der Waals surface area contributed by atoms with Gasteiger partial charge in [-0.15, -0.1) is 12.4 Å². The summed E-state index contributed by atoms with van der Waals surface area (Å²) in [6.45, 7) is 1.86. The second kappa shape index (κ2) is 10.3. The van der Waals surface area contributed by atoms with E-state index in [0.717, 1.165) is 61.2 Å². The fourth-order valence-electron chi connectivity index (χ4n) is 4.39. The van der Waals surface area contributed by atoms with Crippen LogP contribution in [0, 0.1) is 0 Å². The van der Waals surface area contributed by atoms with E-state index in [1.165, 1.54) is 0 Å². The van der Waals surface area contributed by atoms with Crippen LogP contribution in [0.5, 0.6) is 5.75 Å². The Morgan fingerprint density at radius 2 is 1.87 bits per heavy atom. The monoisotopic (exact) mass is 444 g/mol. The van der Waals surface area contributed by atoms with Gasteiger partial charge in [-0.05, 0) is 73.2 Å². The van der Waals surface area contributed by atoms with Crippen molar-refractivity contribution in [2.45, 2.75) is 44.6 Å². The summed E-state index contributed by atoms with van der Waals surface area (Å²) in [4.78, 5) is 26.6. The standard InChI is InChI=1S/C24H28N2O4.ClH/c27-20-5-3-4-16(14-20)22(29)15-25-10-2-1-6-21(28)19-12-17-7-8-23(30)26-11-9-18(13-19)24(17)26;/h3-5,12-14,22,25,27,29H,1-2,6-11,15H2;1H. The predicted molar refractivity (Wildman–Crippen MR) is 122 cm³/mol. The van der Waals surface area contributed by atoms with Crippen molar-refractivity contribution < 1.29 is 19.8 Å². The number of ketones is 1. The smallest absolute Gasteiger partial charge is 0.227 e. The van der Waals surface area contributed by atoms with Gasteiger partial charge >= 0.3 is 0 Å². The number of aliphatic hydroxyl groups is 1. The minimum atomic E-state index is -0.673. The number of unbranched alkanes of at least 4 members (excludes halogenated alkanes) is 1. The molecule has 166 valence electrons. The average Bonchev–Trinajstić information content (AvgIpc) is 3.18. The zero-order chi connectivity index (χ0) is 21.1. The van der Waals surface area contributed by atoms with Gasteiger partial charge in [0.25, 0.3) is 0 Å². The molecule has 1 amide bonds. The Balaban J connectivity index is 0.00000272. The molecule has 0 aromatic heterocycles. The number of nitrogens with zero attached hydrogens (tertiary/aromatic N) is 1. The van der Waals surface area contributed by atoms with E-state index in [-0.39, 0.29) is 29.8 Å². The molecule has 0 bridgehead atoms. The first-order valence-electron chi connectivity index (χ1n) is 10.7. The van der Waals surface area contributed by atoms with Crippen LogP contribution in [0.2, 0.25) is 0 Å². The molecule has 0 radical (unpaired) electrons. The minimum Gasteiger partial charge on any atom is -0.508 e. The second-order valence-electron chi connectivity index (χ2n) is 8.13. The Morgan fingerprint density at radius 3 is 2.65 bits per heavy atom. The van der Waals surface area contributed by atoms with Crippen LogP contribution in [-0.4, -0.2) is 41.5 Å². The van der Waals surface area contributed by atoms with Crippen molar-refractivity contribution in [2.24, 2.45) is 0 Å². The molecule has 1 atom stereocenters. The van der Waals surface area contributed by atoms with E-state index in [9.17, 15) is 19.8 Å².